The van der Waals surface area contributed by atoms with Gasteiger partial charge in [-0.1, -0.05) is 45.9 Å². The Morgan fingerprint density at radius 2 is 1.71 bits per heavy atom. The van der Waals surface area contributed by atoms with E-state index in [2.05, 4.69) is 25.8 Å². The molecule has 1 aromatic heterocycles. The van der Waals surface area contributed by atoms with Crippen LogP contribution in [0.25, 0.3) is 10.9 Å². The van der Waals surface area contributed by atoms with Gasteiger partial charge in [-0.15, -0.1) is 0 Å². The number of nitrogens with zero attached hydrogens (tertiary/aromatic N) is 1. The number of fused-ring (bicyclic) bond motifs is 1. The summed E-state index contributed by atoms with van der Waals surface area (Å²) in [7, 11) is -3.89. The number of benzene rings is 2. The zero-order chi connectivity index (χ0) is 22.8. The van der Waals surface area contributed by atoms with Crippen LogP contribution in [0, 0.1) is 0 Å². The van der Waals surface area contributed by atoms with Gasteiger partial charge in [0.1, 0.15) is 0 Å². The van der Waals surface area contributed by atoms with E-state index in [0.717, 1.165) is 27.2 Å². The molecule has 3 rings (SSSR count). The van der Waals surface area contributed by atoms with Crippen LogP contribution in [0.4, 0.5) is 0 Å². The topological polar surface area (TPSA) is 90.5 Å². The molecule has 0 fully saturated rings. The van der Waals surface area contributed by atoms with Crippen LogP contribution in [0.2, 0.25) is 0 Å². The summed E-state index contributed by atoms with van der Waals surface area (Å²) in [6, 6.07) is 14.3. The maximum absolute atomic E-state index is 13.3. The number of pyridine rings is 1. The number of hydrogen-bond donors (Lipinski definition) is 2. The Morgan fingerprint density at radius 3 is 2.29 bits per heavy atom. The molecule has 0 aliphatic rings. The lowest BCUT2D eigenvalue weighted by atomic mass is 9.87. The fraction of sp³-hybridized carbons (Fsp3) is 0.375. The first-order valence-electron chi connectivity index (χ1n) is 10.4. The second-order valence-corrected chi connectivity index (χ2v) is 10.7. The molecule has 0 aliphatic carbocycles. The van der Waals surface area contributed by atoms with E-state index in [-0.39, 0.29) is 35.6 Å². The van der Waals surface area contributed by atoms with E-state index in [1.54, 1.807) is 30.3 Å². The second-order valence-electron chi connectivity index (χ2n) is 8.74. The van der Waals surface area contributed by atoms with E-state index in [1.807, 2.05) is 25.1 Å². The van der Waals surface area contributed by atoms with Gasteiger partial charge in [-0.2, -0.15) is 4.31 Å². The number of aryl methyl sites for hydroxylation is 1. The predicted octanol–water partition coefficient (Wildman–Crippen LogP) is 3.57. The number of hydrogen-bond acceptors (Lipinski definition) is 4. The summed E-state index contributed by atoms with van der Waals surface area (Å²) < 4.78 is 27.7. The summed E-state index contributed by atoms with van der Waals surface area (Å²) in [5.74, 6) is 0. The third kappa shape index (κ3) is 5.06. The minimum atomic E-state index is -3.89. The lowest BCUT2D eigenvalue weighted by Gasteiger charge is -2.23. The molecule has 0 atom stereocenters. The summed E-state index contributed by atoms with van der Waals surface area (Å²) in [5, 5.41) is 10.3. The largest absolute Gasteiger partial charge is 0.395 e. The lowest BCUT2D eigenvalue weighted by molar-refractivity contribution is 0.251. The standard InChI is InChI=1S/C24H30N2O4S/c1-5-17-6-11-22-18(14-17)15-19(23(28)25-22)16-26(12-13-27)31(29,30)21-9-7-20(8-10-21)24(2,3)4/h6-11,14-15,27H,5,12-13,16H2,1-4H3,(H,25,28). The van der Waals surface area contributed by atoms with Crippen LogP contribution in [0.5, 0.6) is 0 Å². The Kier molecular flexibility index (Phi) is 6.69. The summed E-state index contributed by atoms with van der Waals surface area (Å²) in [6.07, 6.45) is 0.861. The molecule has 0 bridgehead atoms. The first-order valence-corrected chi connectivity index (χ1v) is 11.9. The number of sulfonamides is 1. The SMILES string of the molecule is CCc1ccc2[nH]c(=O)c(CN(CCO)S(=O)(=O)c3ccc(C(C)(C)C)cc3)cc2c1. The Hall–Kier alpha value is -2.48. The first kappa shape index (κ1) is 23.2. The molecule has 6 nitrogen and oxygen atoms in total. The van der Waals surface area contributed by atoms with Crippen molar-refractivity contribution in [3.8, 4) is 0 Å². The van der Waals surface area contributed by atoms with Crippen molar-refractivity contribution in [2.75, 3.05) is 13.2 Å². The average Bonchev–Trinajstić information content (AvgIpc) is 2.73. The highest BCUT2D eigenvalue weighted by atomic mass is 32.2. The molecule has 2 aromatic carbocycles. The molecule has 7 heteroatoms. The van der Waals surface area contributed by atoms with Gasteiger partial charge in [0.25, 0.3) is 5.56 Å². The normalized spacial score (nSPS) is 12.6. The quantitative estimate of drug-likeness (QED) is 0.585. The Balaban J connectivity index is 1.98. The van der Waals surface area contributed by atoms with Crippen molar-refractivity contribution in [1.82, 2.24) is 9.29 Å². The highest BCUT2D eigenvalue weighted by Gasteiger charge is 2.26. The van der Waals surface area contributed by atoms with E-state index in [4.69, 9.17) is 0 Å². The van der Waals surface area contributed by atoms with E-state index >= 15 is 0 Å². The minimum Gasteiger partial charge on any atom is -0.395 e. The lowest BCUT2D eigenvalue weighted by Crippen LogP contribution is -2.35. The fourth-order valence-corrected chi connectivity index (χ4v) is 4.91. The predicted molar refractivity (Wildman–Crippen MR) is 124 cm³/mol. The van der Waals surface area contributed by atoms with Gasteiger partial charge >= 0.3 is 0 Å². The zero-order valence-electron chi connectivity index (χ0n) is 18.5. The number of nitrogens with one attached hydrogen (secondary N) is 1. The van der Waals surface area contributed by atoms with Gasteiger partial charge in [0.2, 0.25) is 10.0 Å². The summed E-state index contributed by atoms with van der Waals surface area (Å²) in [4.78, 5) is 15.6. The van der Waals surface area contributed by atoms with Crippen LogP contribution in [-0.2, 0) is 28.4 Å². The van der Waals surface area contributed by atoms with Gasteiger partial charge in [0, 0.05) is 24.2 Å². The van der Waals surface area contributed by atoms with Crippen molar-refractivity contribution in [2.24, 2.45) is 0 Å². The number of H-pyrrole nitrogens is 1. The summed E-state index contributed by atoms with van der Waals surface area (Å²) in [6.45, 7) is 7.67. The molecule has 0 saturated carbocycles. The van der Waals surface area contributed by atoms with Crippen molar-refractivity contribution in [3.05, 3.63) is 75.6 Å². The van der Waals surface area contributed by atoms with Crippen LogP contribution in [0.1, 0.15) is 44.4 Å². The molecule has 0 spiro atoms. The molecule has 166 valence electrons. The molecule has 0 radical (unpaired) electrons. The number of aliphatic hydroxyl groups is 1. The third-order valence-electron chi connectivity index (χ3n) is 5.45. The minimum absolute atomic E-state index is 0.0944. The van der Waals surface area contributed by atoms with E-state index in [1.165, 1.54) is 0 Å². The van der Waals surface area contributed by atoms with Gasteiger partial charge in [-0.3, -0.25) is 4.79 Å². The maximum atomic E-state index is 13.3. The summed E-state index contributed by atoms with van der Waals surface area (Å²) >= 11 is 0. The van der Waals surface area contributed by atoms with Gasteiger partial charge < -0.3 is 10.1 Å². The Bertz CT molecular complexity index is 1220. The molecule has 1 heterocycles. The van der Waals surface area contributed by atoms with E-state index in [0.29, 0.717) is 11.1 Å². The number of aliphatic hydroxyl groups excluding tert-OH is 1. The molecule has 0 aliphatic heterocycles. The number of aromatic nitrogens is 1. The monoisotopic (exact) mass is 442 g/mol. The molecular formula is C24H30N2O4S. The van der Waals surface area contributed by atoms with Crippen LogP contribution in [-0.4, -0.2) is 36.0 Å². The third-order valence-corrected chi connectivity index (χ3v) is 7.31. The number of rotatable bonds is 7. The second kappa shape index (κ2) is 8.94. The zero-order valence-corrected chi connectivity index (χ0v) is 19.3. The van der Waals surface area contributed by atoms with Crippen LogP contribution in [0.15, 0.2) is 58.2 Å². The van der Waals surface area contributed by atoms with Crippen LogP contribution < -0.4 is 5.56 Å². The van der Waals surface area contributed by atoms with E-state index < -0.39 is 10.0 Å². The molecule has 3 aromatic rings. The molecular weight excluding hydrogens is 412 g/mol. The maximum Gasteiger partial charge on any atom is 0.252 e. The van der Waals surface area contributed by atoms with Gasteiger partial charge in [0.05, 0.1) is 11.5 Å². The summed E-state index contributed by atoms with van der Waals surface area (Å²) in [5.41, 5.74) is 2.77. The van der Waals surface area contributed by atoms with Gasteiger partial charge in [0.15, 0.2) is 0 Å². The van der Waals surface area contributed by atoms with Crippen molar-refractivity contribution >= 4 is 20.9 Å². The van der Waals surface area contributed by atoms with Gasteiger partial charge in [-0.05, 0) is 58.7 Å². The Morgan fingerprint density at radius 1 is 1.03 bits per heavy atom. The molecule has 0 saturated heterocycles. The number of aromatic amines is 1. The van der Waals surface area contributed by atoms with Crippen molar-refractivity contribution < 1.29 is 13.5 Å². The van der Waals surface area contributed by atoms with Crippen LogP contribution >= 0.6 is 0 Å². The molecule has 2 N–H and O–H groups in total. The highest BCUT2D eigenvalue weighted by molar-refractivity contribution is 7.89. The average molecular weight is 443 g/mol. The smallest absolute Gasteiger partial charge is 0.252 e. The van der Waals surface area contributed by atoms with Gasteiger partial charge in [-0.25, -0.2) is 8.42 Å². The molecule has 31 heavy (non-hydrogen) atoms. The first-order chi connectivity index (χ1) is 14.6. The fourth-order valence-electron chi connectivity index (χ4n) is 3.50. The molecule has 0 unspecified atom stereocenters. The van der Waals surface area contributed by atoms with Crippen molar-refractivity contribution in [1.29, 1.82) is 0 Å². The van der Waals surface area contributed by atoms with Crippen LogP contribution in [0.3, 0.4) is 0 Å². The van der Waals surface area contributed by atoms with Crippen molar-refractivity contribution in [2.45, 2.75) is 51.0 Å². The van der Waals surface area contributed by atoms with Crippen molar-refractivity contribution in [3.63, 3.8) is 0 Å². The Labute approximate surface area is 183 Å². The molecule has 0 amide bonds. The highest BCUT2D eigenvalue weighted by Crippen LogP contribution is 2.25. The van der Waals surface area contributed by atoms with E-state index in [9.17, 15) is 18.3 Å².